The summed E-state index contributed by atoms with van der Waals surface area (Å²) in [6.45, 7) is 9.82. The maximum atomic E-state index is 4.29. The molecule has 21 heavy (non-hydrogen) atoms. The minimum absolute atomic E-state index is 0.135. The molecule has 2 rings (SSSR count). The number of rotatable bonds is 5. The summed E-state index contributed by atoms with van der Waals surface area (Å²) in [4.78, 5) is 0. The van der Waals surface area contributed by atoms with Crippen molar-refractivity contribution in [2.24, 2.45) is 7.05 Å². The molecule has 1 atom stereocenters. The van der Waals surface area contributed by atoms with E-state index < -0.39 is 0 Å². The first-order valence-corrected chi connectivity index (χ1v) is 7.63. The predicted molar refractivity (Wildman–Crippen MR) is 88.6 cm³/mol. The van der Waals surface area contributed by atoms with E-state index >= 15 is 0 Å². The lowest BCUT2D eigenvalue weighted by molar-refractivity contribution is 0.404. The first kappa shape index (κ1) is 15.8. The van der Waals surface area contributed by atoms with Crippen molar-refractivity contribution in [1.29, 1.82) is 0 Å². The number of hydrogen-bond donors (Lipinski definition) is 1. The number of nitrogens with one attached hydrogen (secondary N) is 1. The third kappa shape index (κ3) is 4.71. The fraction of sp³-hybridized carbons (Fsp3) is 0.500. The molecule has 1 aromatic carbocycles. The Bertz CT molecular complexity index is 578. The highest BCUT2D eigenvalue weighted by molar-refractivity contribution is 5.31. The summed E-state index contributed by atoms with van der Waals surface area (Å²) >= 11 is 0. The highest BCUT2D eigenvalue weighted by Crippen LogP contribution is 2.24. The zero-order valence-electron chi connectivity index (χ0n) is 13.9. The van der Waals surface area contributed by atoms with Crippen LogP contribution in [0.4, 0.5) is 0 Å². The van der Waals surface area contributed by atoms with E-state index in [0.717, 1.165) is 13.0 Å². The second-order valence-corrected chi connectivity index (χ2v) is 6.91. The van der Waals surface area contributed by atoms with E-state index in [9.17, 15) is 0 Å². The highest BCUT2D eigenvalue weighted by atomic mass is 15.2. The fourth-order valence-corrected chi connectivity index (χ4v) is 2.63. The van der Waals surface area contributed by atoms with Gasteiger partial charge in [0.2, 0.25) is 0 Å². The topological polar surface area (TPSA) is 29.9 Å². The highest BCUT2D eigenvalue weighted by Gasteiger charge is 2.18. The average Bonchev–Trinajstić information content (AvgIpc) is 2.80. The van der Waals surface area contributed by atoms with Gasteiger partial charge >= 0.3 is 0 Å². The van der Waals surface area contributed by atoms with Crippen LogP contribution in [0.15, 0.2) is 36.7 Å². The zero-order valence-corrected chi connectivity index (χ0v) is 13.9. The summed E-state index contributed by atoms with van der Waals surface area (Å²) in [6, 6.07) is 8.69. The molecule has 1 aromatic heterocycles. The number of aromatic nitrogens is 2. The molecule has 1 unspecified atom stereocenters. The first-order chi connectivity index (χ1) is 9.85. The van der Waals surface area contributed by atoms with Crippen molar-refractivity contribution < 1.29 is 0 Å². The molecule has 0 saturated carbocycles. The van der Waals surface area contributed by atoms with E-state index in [-0.39, 0.29) is 5.54 Å². The predicted octanol–water partition coefficient (Wildman–Crippen LogP) is 3.44. The van der Waals surface area contributed by atoms with Gasteiger partial charge in [0.1, 0.15) is 0 Å². The molecular formula is C18H27N3. The van der Waals surface area contributed by atoms with Crippen LogP contribution in [0, 0.1) is 6.92 Å². The van der Waals surface area contributed by atoms with Gasteiger partial charge in [0.15, 0.2) is 0 Å². The van der Waals surface area contributed by atoms with Crippen LogP contribution in [0.2, 0.25) is 0 Å². The molecule has 0 aliphatic rings. The molecule has 0 spiro atoms. The molecule has 0 fully saturated rings. The van der Waals surface area contributed by atoms with Crippen LogP contribution in [0.25, 0.3) is 0 Å². The van der Waals surface area contributed by atoms with Crippen molar-refractivity contribution in [3.63, 3.8) is 0 Å². The third-order valence-electron chi connectivity index (χ3n) is 3.75. The van der Waals surface area contributed by atoms with E-state index in [0.29, 0.717) is 5.92 Å². The normalized spacial score (nSPS) is 13.4. The Morgan fingerprint density at radius 3 is 2.52 bits per heavy atom. The van der Waals surface area contributed by atoms with Crippen LogP contribution in [-0.4, -0.2) is 21.9 Å². The smallest absolute Gasteiger partial charge is 0.0521 e. The second-order valence-electron chi connectivity index (χ2n) is 6.91. The Hall–Kier alpha value is -1.61. The van der Waals surface area contributed by atoms with Crippen LogP contribution in [0.1, 0.15) is 43.4 Å². The molecule has 0 aliphatic carbocycles. The summed E-state index contributed by atoms with van der Waals surface area (Å²) in [6.07, 6.45) is 5.10. The number of nitrogens with zero attached hydrogens (tertiary/aromatic N) is 2. The Labute approximate surface area is 128 Å². The third-order valence-corrected chi connectivity index (χ3v) is 3.75. The lowest BCUT2D eigenvalue weighted by Gasteiger charge is -2.26. The van der Waals surface area contributed by atoms with Gasteiger partial charge in [-0.25, -0.2) is 0 Å². The van der Waals surface area contributed by atoms with Crippen LogP contribution in [0.3, 0.4) is 0 Å². The van der Waals surface area contributed by atoms with Gasteiger partial charge in [-0.2, -0.15) is 5.10 Å². The first-order valence-electron chi connectivity index (χ1n) is 7.63. The Balaban J connectivity index is 2.19. The number of benzene rings is 1. The van der Waals surface area contributed by atoms with Crippen molar-refractivity contribution in [2.45, 2.75) is 45.6 Å². The van der Waals surface area contributed by atoms with E-state index in [1.54, 1.807) is 0 Å². The lowest BCUT2D eigenvalue weighted by atomic mass is 9.89. The average molecular weight is 285 g/mol. The summed E-state index contributed by atoms with van der Waals surface area (Å²) < 4.78 is 1.88. The maximum Gasteiger partial charge on any atom is 0.0521 e. The van der Waals surface area contributed by atoms with Gasteiger partial charge in [0, 0.05) is 31.2 Å². The zero-order chi connectivity index (χ0) is 15.5. The fourth-order valence-electron chi connectivity index (χ4n) is 2.63. The van der Waals surface area contributed by atoms with E-state index in [1.807, 2.05) is 17.9 Å². The van der Waals surface area contributed by atoms with Crippen molar-refractivity contribution in [2.75, 3.05) is 6.54 Å². The van der Waals surface area contributed by atoms with Gasteiger partial charge in [-0.1, -0.05) is 24.3 Å². The molecule has 2 aromatic rings. The lowest BCUT2D eigenvalue weighted by Crippen LogP contribution is -2.39. The van der Waals surface area contributed by atoms with Crippen LogP contribution < -0.4 is 5.32 Å². The van der Waals surface area contributed by atoms with E-state index in [2.05, 4.69) is 68.6 Å². The van der Waals surface area contributed by atoms with Crippen molar-refractivity contribution >= 4 is 0 Å². The number of hydrogen-bond acceptors (Lipinski definition) is 2. The van der Waals surface area contributed by atoms with Gasteiger partial charge in [0.25, 0.3) is 0 Å². The molecule has 0 saturated heterocycles. The minimum Gasteiger partial charge on any atom is -0.311 e. The largest absolute Gasteiger partial charge is 0.311 e. The van der Waals surface area contributed by atoms with Gasteiger partial charge in [0.05, 0.1) is 6.20 Å². The number of aryl methyl sites for hydroxylation is 2. The van der Waals surface area contributed by atoms with Crippen molar-refractivity contribution in [3.8, 4) is 0 Å². The minimum atomic E-state index is 0.135. The molecule has 0 bridgehead atoms. The molecule has 0 aliphatic heterocycles. The summed E-state index contributed by atoms with van der Waals surface area (Å²) in [5.74, 6) is 0.467. The van der Waals surface area contributed by atoms with Crippen LogP contribution in [0.5, 0.6) is 0 Å². The molecular weight excluding hydrogens is 258 g/mol. The molecule has 3 heteroatoms. The van der Waals surface area contributed by atoms with E-state index in [4.69, 9.17) is 0 Å². The molecule has 1 heterocycles. The van der Waals surface area contributed by atoms with Crippen molar-refractivity contribution in [3.05, 3.63) is 53.3 Å². The van der Waals surface area contributed by atoms with Gasteiger partial charge in [-0.3, -0.25) is 4.68 Å². The molecule has 3 nitrogen and oxygen atoms in total. The quantitative estimate of drug-likeness (QED) is 0.912. The molecule has 0 radical (unpaired) electrons. The van der Waals surface area contributed by atoms with E-state index in [1.165, 1.54) is 16.7 Å². The van der Waals surface area contributed by atoms with Crippen LogP contribution >= 0.6 is 0 Å². The summed E-state index contributed by atoms with van der Waals surface area (Å²) in [7, 11) is 1.97. The van der Waals surface area contributed by atoms with Gasteiger partial charge < -0.3 is 5.32 Å². The maximum absolute atomic E-state index is 4.29. The Morgan fingerprint density at radius 2 is 1.95 bits per heavy atom. The second kappa shape index (κ2) is 6.44. The molecule has 0 amide bonds. The SMILES string of the molecule is Cc1ccccc1C(CNC(C)(C)C)Cc1cnn(C)c1. The van der Waals surface area contributed by atoms with Crippen molar-refractivity contribution in [1.82, 2.24) is 15.1 Å². The molecule has 114 valence electrons. The summed E-state index contributed by atoms with van der Waals surface area (Å²) in [5, 5.41) is 7.94. The Morgan fingerprint density at radius 1 is 1.24 bits per heavy atom. The molecule has 1 N–H and O–H groups in total. The summed E-state index contributed by atoms with van der Waals surface area (Å²) in [5.41, 5.74) is 4.22. The van der Waals surface area contributed by atoms with Gasteiger partial charge in [-0.05, 0) is 50.8 Å². The van der Waals surface area contributed by atoms with Crippen LogP contribution in [-0.2, 0) is 13.5 Å². The standard InChI is InChI=1S/C18H27N3/c1-14-8-6-7-9-17(14)16(12-19-18(2,3)4)10-15-11-20-21(5)13-15/h6-9,11,13,16,19H,10,12H2,1-5H3. The Kier molecular flexibility index (Phi) is 4.84. The monoisotopic (exact) mass is 285 g/mol. The van der Waals surface area contributed by atoms with Gasteiger partial charge in [-0.15, -0.1) is 0 Å².